The predicted molar refractivity (Wildman–Crippen MR) is 526 cm³/mol. The summed E-state index contributed by atoms with van der Waals surface area (Å²) < 4.78 is 83.7. The van der Waals surface area contributed by atoms with Crippen molar-refractivity contribution in [2.75, 3.05) is 33.0 Å². The normalized spacial score (nSPS) is 24.1. The molecule has 0 spiro atoms. The first-order valence-corrected chi connectivity index (χ1v) is 49.3. The van der Waals surface area contributed by atoms with Crippen LogP contribution in [0.4, 0.5) is 36.7 Å². The van der Waals surface area contributed by atoms with E-state index in [1.165, 1.54) is 82.5 Å². The van der Waals surface area contributed by atoms with Gasteiger partial charge in [-0.05, 0) is 332 Å². The lowest BCUT2D eigenvalue weighted by atomic mass is 9.62. The Labute approximate surface area is 807 Å². The Bertz CT molecular complexity index is 6050. The molecule has 1 aliphatic heterocycles. The van der Waals surface area contributed by atoms with E-state index in [2.05, 4.69) is 126 Å². The zero-order chi connectivity index (χ0) is 95.4. The number of aromatic nitrogens is 8. The Hall–Kier alpha value is -13.6. The minimum Gasteiger partial charge on any atom is -0.450 e. The Kier molecular flexibility index (Phi) is 32.1. The number of nitrogens with zero attached hydrogens (tertiary/aromatic N) is 10. The van der Waals surface area contributed by atoms with E-state index in [1.54, 1.807) is 49.1 Å². The molecule has 22 nitrogen and oxygen atoms in total. The molecule has 4 saturated carbocycles. The van der Waals surface area contributed by atoms with Gasteiger partial charge in [-0.2, -0.15) is 19.0 Å². The van der Waals surface area contributed by atoms with Crippen LogP contribution in [0.15, 0.2) is 253 Å². The van der Waals surface area contributed by atoms with Crippen LogP contribution in [-0.4, -0.2) is 120 Å². The predicted octanol–water partition coefficient (Wildman–Crippen LogP) is 24.1. The van der Waals surface area contributed by atoms with E-state index in [4.69, 9.17) is 23.9 Å². The average molecular weight is 1880 g/mol. The molecule has 0 saturated heterocycles. The molecule has 0 unspecified atom stereocenters. The fourth-order valence-electron chi connectivity index (χ4n) is 22.3. The first-order valence-electron chi connectivity index (χ1n) is 48.5. The number of alkyl carbamates (subject to hydrolysis) is 4. The molecular formula is C111H116F4N14O8S. The number of hydrogen-bond donors (Lipinski definition) is 4. The lowest BCUT2D eigenvalue weighted by molar-refractivity contribution is 0.124. The van der Waals surface area contributed by atoms with Crippen molar-refractivity contribution >= 4 is 60.4 Å². The zero-order valence-electron chi connectivity index (χ0n) is 78.0. The number of carbonyl (C=O) groups is 4. The van der Waals surface area contributed by atoms with Crippen LogP contribution in [0.1, 0.15) is 185 Å². The fourth-order valence-corrected chi connectivity index (χ4v) is 22.9. The molecule has 27 heteroatoms. The maximum atomic E-state index is 13.6. The molecule has 0 radical (unpaired) electrons. The Morgan fingerprint density at radius 2 is 0.746 bits per heavy atom. The maximum Gasteiger partial charge on any atom is 0.407 e. The van der Waals surface area contributed by atoms with Gasteiger partial charge < -0.3 is 40.2 Å². The molecule has 8 aliphatic carbocycles. The second-order valence-electron chi connectivity index (χ2n) is 37.1. The van der Waals surface area contributed by atoms with E-state index in [0.717, 1.165) is 193 Å². The van der Waals surface area contributed by atoms with Gasteiger partial charge >= 0.3 is 24.4 Å². The number of carbonyl (C=O) groups excluding carboxylic acids is 4. The summed E-state index contributed by atoms with van der Waals surface area (Å²) in [6.45, 7) is 9.48. The molecule has 4 amide bonds. The molecule has 138 heavy (non-hydrogen) atoms. The highest BCUT2D eigenvalue weighted by Crippen LogP contribution is 2.53. The van der Waals surface area contributed by atoms with Gasteiger partial charge in [0.15, 0.2) is 0 Å². The third-order valence-electron chi connectivity index (χ3n) is 28.6. The SMILES string of the molecule is CCOC(=O)N[C@@H]1CC[C@@H]2[C@H](CC3=C(N=NC3)[C@H]2/C=C/c2ccc(-c3cccc(F)c3)cn2)C1.CCOC(=O)N[C@@H]1CC[C@@H]2[C@H](Cc3cnccc3[C@H]2/C=C/c2ccc(-c3cccc(F)c3)cn2)C1.CCOC(=O)N[C@@H]1CC[C@@H]2[C@H](Cc3ncccc3[C@H]2/C=C/c2ccc(-c3cccc(F)c3)cn2)C1.CCOC(=O)N[C@@H]1CC[C@@H]2[C@H](Cc3nsnc3[C@H]2/C=C/c2ccc(-c3cccc(F)c3)cn2)C1. The maximum absolute atomic E-state index is 13.6. The van der Waals surface area contributed by atoms with E-state index >= 15 is 0 Å². The second kappa shape index (κ2) is 46.1. The van der Waals surface area contributed by atoms with Crippen LogP contribution in [0.5, 0.6) is 0 Å². The van der Waals surface area contributed by atoms with Gasteiger partial charge in [0.05, 0.1) is 84.6 Å². The minimum atomic E-state index is -0.331. The number of benzene rings is 4. The average Bonchev–Trinajstić information content (AvgIpc) is 1.69. The van der Waals surface area contributed by atoms with E-state index in [1.807, 2.05) is 125 Å². The number of amides is 4. The first-order chi connectivity index (χ1) is 67.4. The van der Waals surface area contributed by atoms with Crippen LogP contribution in [0.3, 0.4) is 0 Å². The molecule has 7 aromatic heterocycles. The highest BCUT2D eigenvalue weighted by Gasteiger charge is 2.46. The van der Waals surface area contributed by atoms with Gasteiger partial charge in [0, 0.05) is 119 Å². The monoisotopic (exact) mass is 1880 g/mol. The molecule has 11 aromatic rings. The number of azo groups is 1. The van der Waals surface area contributed by atoms with Gasteiger partial charge in [0.1, 0.15) is 23.3 Å². The number of nitrogens with one attached hydrogen (secondary N) is 4. The minimum absolute atomic E-state index is 0.134. The summed E-state index contributed by atoms with van der Waals surface area (Å²) in [5, 5.41) is 21.0. The highest BCUT2D eigenvalue weighted by atomic mass is 32.1. The number of ether oxygens (including phenoxy) is 4. The third kappa shape index (κ3) is 24.3. The Morgan fingerprint density at radius 3 is 1.15 bits per heavy atom. The number of pyridine rings is 6. The summed E-state index contributed by atoms with van der Waals surface area (Å²) in [5.41, 5.74) is 19.9. The van der Waals surface area contributed by atoms with Gasteiger partial charge in [0.2, 0.25) is 0 Å². The van der Waals surface area contributed by atoms with E-state index in [0.29, 0.717) is 80.3 Å². The first kappa shape index (κ1) is 96.1. The van der Waals surface area contributed by atoms with Gasteiger partial charge in [0.25, 0.3) is 0 Å². The Balaban J connectivity index is 0.000000127. The lowest BCUT2D eigenvalue weighted by Crippen LogP contribution is -2.44. The molecule has 4 aromatic carbocycles. The summed E-state index contributed by atoms with van der Waals surface area (Å²) in [6.07, 6.45) is 44.3. The molecule has 9 aliphatic rings. The smallest absolute Gasteiger partial charge is 0.407 e. The summed E-state index contributed by atoms with van der Waals surface area (Å²) >= 11 is 1.28. The van der Waals surface area contributed by atoms with Crippen molar-refractivity contribution in [3.63, 3.8) is 0 Å². The van der Waals surface area contributed by atoms with E-state index < -0.39 is 0 Å². The topological polar surface area (TPSA) is 281 Å². The standard InChI is InChI=1S/2C29H30FN3O2.C27H29FN4O2.C26H27FN4O2S/c1-2-35-29(34)33-24-11-12-25-21(16-24)17-28-27(7-4-14-31-28)26(25)13-10-23-9-8-20(18-32-23)19-5-3-6-22(30)15-19;1-2-35-29(34)33-25-9-10-26-21(16-25)14-22-17-31-13-12-27(22)28(26)11-8-24-7-6-20(18-32-24)19-4-3-5-23(30)15-19;1-2-34-27(33)31-23-9-10-24-19(14-23)12-20-16-30-32-26(20)25(24)11-8-22-7-6-18(15-29-22)17-4-3-5-21(28)13-17;1-2-33-26(32)29-21-9-10-22-18(13-21)14-24-25(31-34-30-24)23(22)11-8-20-7-6-17(15-28-20)16-4-3-5-19(27)12-16/h3-10,13-15,18,21,24-26H,2,11-12,16-17H2,1H3,(H,33,34);3-8,11-13,15,17-18,21,25-26,28H,2,9-10,14,16H2,1H3,(H,33,34);3-8,11,13,15,19,23-25H,2,9-10,12,14,16H2,1H3,(H,31,33);3-8,11-12,15,18,21-23H,2,9-10,13-14H2,1H3,(H,29,32)/b13-10+;3*11-8+/t21-,24+,25+,26-;21-,25-,26-,28+;19-,23-,24-,25+;18-,21+,22+,23-/m0110/s1. The summed E-state index contributed by atoms with van der Waals surface area (Å²) in [5.74, 6) is 3.69. The molecule has 8 heterocycles. The molecule has 20 rings (SSSR count). The van der Waals surface area contributed by atoms with Crippen molar-refractivity contribution in [3.05, 3.63) is 323 Å². The molecular weight excluding hydrogens is 1770 g/mol. The van der Waals surface area contributed by atoms with Crippen molar-refractivity contribution in [1.29, 1.82) is 0 Å². The molecule has 0 bridgehead atoms. The van der Waals surface area contributed by atoms with Crippen molar-refractivity contribution < 1.29 is 55.7 Å². The van der Waals surface area contributed by atoms with Crippen LogP contribution in [0, 0.1) is 76.5 Å². The van der Waals surface area contributed by atoms with Crippen molar-refractivity contribution in [2.24, 2.45) is 63.5 Å². The fraction of sp³-hybridized carbons (Fsp3) is 0.369. The van der Waals surface area contributed by atoms with Gasteiger partial charge in [-0.3, -0.25) is 29.9 Å². The van der Waals surface area contributed by atoms with Crippen molar-refractivity contribution in [2.45, 2.75) is 172 Å². The van der Waals surface area contributed by atoms with Crippen LogP contribution in [0.2, 0.25) is 0 Å². The van der Waals surface area contributed by atoms with Crippen LogP contribution < -0.4 is 21.3 Å². The quantitative estimate of drug-likeness (QED) is 0.0407. The van der Waals surface area contributed by atoms with Crippen molar-refractivity contribution in [3.8, 4) is 44.5 Å². The lowest BCUT2D eigenvalue weighted by Gasteiger charge is -2.44. The largest absolute Gasteiger partial charge is 0.450 e. The summed E-state index contributed by atoms with van der Waals surface area (Å²) in [7, 11) is 0. The molecule has 16 atom stereocenters. The number of allylic oxidation sites excluding steroid dienone is 4. The molecule has 4 N–H and O–H groups in total. The van der Waals surface area contributed by atoms with Gasteiger partial charge in [-0.1, -0.05) is 103 Å². The Morgan fingerprint density at radius 1 is 0.370 bits per heavy atom. The number of fused-ring (bicyclic) bond motifs is 7. The second-order valence-corrected chi connectivity index (χ2v) is 37.6. The van der Waals surface area contributed by atoms with E-state index in [-0.39, 0.29) is 95.5 Å². The third-order valence-corrected chi connectivity index (χ3v) is 29.2. The van der Waals surface area contributed by atoms with Crippen LogP contribution in [0.25, 0.3) is 68.8 Å². The number of hydrogen-bond acceptors (Lipinski definition) is 19. The highest BCUT2D eigenvalue weighted by molar-refractivity contribution is 6.99. The molecule has 712 valence electrons. The van der Waals surface area contributed by atoms with Crippen LogP contribution in [-0.2, 0) is 38.2 Å². The summed E-state index contributed by atoms with van der Waals surface area (Å²) in [6, 6.07) is 48.9. The van der Waals surface area contributed by atoms with Crippen molar-refractivity contribution in [1.82, 2.24) is 59.9 Å². The van der Waals surface area contributed by atoms with Crippen LogP contribution >= 0.6 is 11.7 Å². The number of halogens is 4. The zero-order valence-corrected chi connectivity index (χ0v) is 78.8. The van der Waals surface area contributed by atoms with Gasteiger partial charge in [-0.25, -0.2) is 36.7 Å². The number of rotatable bonds is 20. The molecule has 4 fully saturated rings. The summed E-state index contributed by atoms with van der Waals surface area (Å²) in [4.78, 5) is 75.1. The van der Waals surface area contributed by atoms with E-state index in [9.17, 15) is 36.7 Å². The van der Waals surface area contributed by atoms with Gasteiger partial charge in [-0.15, -0.1) is 0 Å².